The molecule has 0 unspecified atom stereocenters. The van der Waals surface area contributed by atoms with E-state index in [1.165, 1.54) is 0 Å². The molecule has 0 aromatic heterocycles. The van der Waals surface area contributed by atoms with Crippen LogP contribution in [0.25, 0.3) is 0 Å². The van der Waals surface area contributed by atoms with Crippen molar-refractivity contribution < 1.29 is 8.84 Å². The molecule has 0 aliphatic carbocycles. The Balaban J connectivity index is 2.40. The first-order valence-corrected chi connectivity index (χ1v) is 1.41. The van der Waals surface area contributed by atoms with Gasteiger partial charge in [-0.1, -0.05) is 0 Å². The van der Waals surface area contributed by atoms with Crippen molar-refractivity contribution in [2.75, 3.05) is 0 Å². The third-order valence-electron chi connectivity index (χ3n) is 0.0638. The Kier molecular flexibility index (Phi) is 3.49. The van der Waals surface area contributed by atoms with Gasteiger partial charge < -0.3 is 0 Å². The summed E-state index contributed by atoms with van der Waals surface area (Å²) >= 11 is -0.0775. The molecule has 4 nitrogen and oxygen atoms in total. The van der Waals surface area contributed by atoms with Crippen molar-refractivity contribution in [1.29, 1.82) is 0 Å². The van der Waals surface area contributed by atoms with Gasteiger partial charge in [-0.25, -0.2) is 0 Å². The first-order chi connectivity index (χ1) is 2.41. The Bertz CT molecular complexity index is 28.1. The van der Waals surface area contributed by atoms with Crippen LogP contribution < -0.4 is 0 Å². The lowest BCUT2D eigenvalue weighted by Gasteiger charge is -1.70. The van der Waals surface area contributed by atoms with E-state index in [2.05, 4.69) is 4.28 Å². The minimum Gasteiger partial charge on any atom is -0.295 e. The lowest BCUT2D eigenvalue weighted by molar-refractivity contribution is 0.362. The van der Waals surface area contributed by atoms with Crippen LogP contribution >= 0.6 is 12.3 Å². The number of nitrogens with zero attached hydrogens (tertiary/aromatic N) is 1. The lowest BCUT2D eigenvalue weighted by Crippen LogP contribution is -1.52. The summed E-state index contributed by atoms with van der Waals surface area (Å²) in [7, 11) is 0. The van der Waals surface area contributed by atoms with E-state index in [1.54, 1.807) is 0 Å². The Morgan fingerprint density at radius 2 is 2.60 bits per heavy atom. The molecule has 0 atom stereocenters. The second-order valence-corrected chi connectivity index (χ2v) is 0.522. The SMILES string of the molecule is O=NOSO. The first-order valence-electron chi connectivity index (χ1n) is 0.714. The summed E-state index contributed by atoms with van der Waals surface area (Å²) in [6.07, 6.45) is 0. The Morgan fingerprint density at radius 3 is 2.60 bits per heavy atom. The molecular formula is HNO3S. The fourth-order valence-electron chi connectivity index (χ4n) is 0.0136. The lowest BCUT2D eigenvalue weighted by atomic mass is 13.4. The van der Waals surface area contributed by atoms with Gasteiger partial charge in [-0.3, -0.25) is 8.84 Å². The molecule has 0 aliphatic heterocycles. The van der Waals surface area contributed by atoms with Gasteiger partial charge in [0.15, 0.2) is 5.34 Å². The molecule has 1 N–H and O–H groups in total. The molecule has 5 heavy (non-hydrogen) atoms. The molecule has 0 saturated heterocycles. The second-order valence-electron chi connectivity index (χ2n) is 0.224. The maximum absolute atomic E-state index is 8.75. The minimum absolute atomic E-state index is 0.0775. The zero-order valence-electron chi connectivity index (χ0n) is 2.12. The van der Waals surface area contributed by atoms with Crippen molar-refractivity contribution in [2.24, 2.45) is 5.34 Å². The topological polar surface area (TPSA) is 58.9 Å². The highest BCUT2D eigenvalue weighted by Crippen LogP contribution is 1.90. The van der Waals surface area contributed by atoms with E-state index in [0.29, 0.717) is 0 Å². The van der Waals surface area contributed by atoms with Gasteiger partial charge in [-0.2, -0.15) is 0 Å². The van der Waals surface area contributed by atoms with Gasteiger partial charge in [-0.05, 0) is 0 Å². The van der Waals surface area contributed by atoms with Crippen LogP contribution in [0, 0.1) is 4.91 Å². The van der Waals surface area contributed by atoms with Crippen LogP contribution in [0.2, 0.25) is 0 Å². The van der Waals surface area contributed by atoms with E-state index in [1.807, 2.05) is 5.34 Å². The predicted molar refractivity (Wildman–Crippen MR) is 17.1 cm³/mol. The fraction of sp³-hybridized carbons (Fsp3) is 0. The minimum atomic E-state index is -0.0775. The first kappa shape index (κ1) is 4.71. The van der Waals surface area contributed by atoms with E-state index in [-0.39, 0.29) is 12.3 Å². The summed E-state index contributed by atoms with van der Waals surface area (Å²) in [6.45, 7) is 0. The molecule has 0 aliphatic rings. The Labute approximate surface area is 32.5 Å². The molecule has 0 saturated carbocycles. The van der Waals surface area contributed by atoms with Crippen molar-refractivity contribution >= 4 is 12.3 Å². The van der Waals surface area contributed by atoms with E-state index in [4.69, 9.17) is 9.46 Å². The number of hydrogen-bond donors (Lipinski definition) is 1. The van der Waals surface area contributed by atoms with E-state index in [0.717, 1.165) is 0 Å². The molecule has 0 bridgehead atoms. The summed E-state index contributed by atoms with van der Waals surface area (Å²) in [5, 5.41) is 1.82. The van der Waals surface area contributed by atoms with E-state index < -0.39 is 0 Å². The van der Waals surface area contributed by atoms with Crippen molar-refractivity contribution in [2.45, 2.75) is 0 Å². The molecule has 0 heterocycles. The summed E-state index contributed by atoms with van der Waals surface area (Å²) in [4.78, 5) is 8.75. The normalized spacial score (nSPS) is 6.60. The third kappa shape index (κ3) is 3.71. The molecule has 0 fully saturated rings. The highest BCUT2D eigenvalue weighted by Gasteiger charge is 1.67. The largest absolute Gasteiger partial charge is 0.295 e. The van der Waals surface area contributed by atoms with Crippen LogP contribution in [0.5, 0.6) is 0 Å². The highest BCUT2D eigenvalue weighted by molar-refractivity contribution is 7.88. The van der Waals surface area contributed by atoms with Crippen molar-refractivity contribution in [3.05, 3.63) is 4.91 Å². The predicted octanol–water partition coefficient (Wildman–Crippen LogP) is 0.806. The highest BCUT2D eigenvalue weighted by atomic mass is 32.2. The summed E-state index contributed by atoms with van der Waals surface area (Å²) in [5.74, 6) is 0. The smallest absolute Gasteiger partial charge is 0.255 e. The Hall–Kier alpha value is -0.290. The molecule has 5 heteroatoms. The van der Waals surface area contributed by atoms with Gasteiger partial charge >= 0.3 is 0 Å². The van der Waals surface area contributed by atoms with Gasteiger partial charge in [0, 0.05) is 0 Å². The van der Waals surface area contributed by atoms with Gasteiger partial charge in [0.05, 0.1) is 0 Å². The molecule has 30 valence electrons. The maximum atomic E-state index is 8.75. The van der Waals surface area contributed by atoms with Crippen LogP contribution in [0.3, 0.4) is 0 Å². The summed E-state index contributed by atoms with van der Waals surface area (Å²) in [5.41, 5.74) is 0. The van der Waals surface area contributed by atoms with Crippen LogP contribution in [0.4, 0.5) is 0 Å². The molecule has 0 rings (SSSR count). The zero-order chi connectivity index (χ0) is 4.12. The average molecular weight is 95.1 g/mol. The van der Waals surface area contributed by atoms with Crippen molar-refractivity contribution in [3.8, 4) is 0 Å². The molecule has 0 spiro atoms. The monoisotopic (exact) mass is 95.0 g/mol. The van der Waals surface area contributed by atoms with E-state index in [9.17, 15) is 0 Å². The summed E-state index contributed by atoms with van der Waals surface area (Å²) in [6, 6.07) is 0. The standard InChI is InChI=1S/HNO3S/c2-1-4-5-3/h3H. The molecule has 0 amide bonds. The fourth-order valence-corrected chi connectivity index (χ4v) is 0.0408. The van der Waals surface area contributed by atoms with Gasteiger partial charge in [-0.15, -0.1) is 4.91 Å². The second kappa shape index (κ2) is 3.71. The van der Waals surface area contributed by atoms with Crippen LogP contribution in [-0.2, 0) is 4.28 Å². The van der Waals surface area contributed by atoms with Crippen LogP contribution in [-0.4, -0.2) is 4.55 Å². The number of hydrogen-bond acceptors (Lipinski definition) is 5. The van der Waals surface area contributed by atoms with Gasteiger partial charge in [0.25, 0.3) is 12.3 Å². The average Bonchev–Trinajstić information content (AvgIpc) is 1.41. The van der Waals surface area contributed by atoms with Crippen molar-refractivity contribution in [3.63, 3.8) is 0 Å². The van der Waals surface area contributed by atoms with Gasteiger partial charge in [0.1, 0.15) is 0 Å². The van der Waals surface area contributed by atoms with Crippen LogP contribution in [0.1, 0.15) is 0 Å². The third-order valence-corrected chi connectivity index (χ3v) is 0.191. The summed E-state index contributed by atoms with van der Waals surface area (Å²) < 4.78 is 10.8. The maximum Gasteiger partial charge on any atom is 0.255 e. The quantitative estimate of drug-likeness (QED) is 0.313. The molecule has 0 aromatic rings. The molecule has 0 aromatic carbocycles. The van der Waals surface area contributed by atoms with E-state index >= 15 is 0 Å². The van der Waals surface area contributed by atoms with Crippen LogP contribution in [0.15, 0.2) is 5.34 Å². The van der Waals surface area contributed by atoms with Crippen molar-refractivity contribution in [1.82, 2.24) is 0 Å². The zero-order valence-corrected chi connectivity index (χ0v) is 2.94. The number of rotatable bonds is 2. The Morgan fingerprint density at radius 1 is 2.00 bits per heavy atom. The molecule has 0 radical (unpaired) electrons. The molecular weight excluding hydrogens is 94.1 g/mol. The van der Waals surface area contributed by atoms with Gasteiger partial charge in [0.2, 0.25) is 0 Å².